The Labute approximate surface area is 168 Å². The second-order valence-electron chi connectivity index (χ2n) is 7.52. The zero-order valence-electron chi connectivity index (χ0n) is 15.5. The first-order valence-electron chi connectivity index (χ1n) is 9.33. The normalized spacial score (nSPS) is 21.4. The number of benzene rings is 2. The molecule has 0 heterocycles. The second-order valence-corrected chi connectivity index (χ2v) is 8.91. The van der Waals surface area contributed by atoms with Crippen molar-refractivity contribution in [2.75, 3.05) is 11.1 Å². The van der Waals surface area contributed by atoms with Crippen molar-refractivity contribution in [1.29, 1.82) is 0 Å². The molecular weight excluding hydrogens is 394 g/mol. The van der Waals surface area contributed by atoms with Crippen LogP contribution in [0.3, 0.4) is 0 Å². The largest absolute Gasteiger partial charge is 0.397 e. The monoisotopic (exact) mass is 415 g/mol. The van der Waals surface area contributed by atoms with Gasteiger partial charge in [0.1, 0.15) is 4.90 Å². The van der Waals surface area contributed by atoms with E-state index in [9.17, 15) is 22.6 Å². The molecule has 0 aliphatic heterocycles. The lowest BCUT2D eigenvalue weighted by Crippen LogP contribution is -2.34. The molecule has 2 aromatic carbocycles. The summed E-state index contributed by atoms with van der Waals surface area (Å²) in [5, 5.41) is 3.19. The van der Waals surface area contributed by atoms with E-state index < -0.39 is 32.3 Å². The number of nitrogens with two attached hydrogens (primary N) is 2. The summed E-state index contributed by atoms with van der Waals surface area (Å²) in [6, 6.07) is 7.51. The first kappa shape index (κ1) is 19.6. The standard InChI is InChI=1S/C20H21N3O5S/c21-10-5-7-11(8-6-10)23-14-9-15(29(26,27)28)18(22)17-16(14)19(24)12-3-1-2-4-13(12)20(17)25/h1-4,9-11,23H,5-8,21-22H2,(H,26,27,28). The fraction of sp³-hybridized carbons (Fsp3) is 0.300. The van der Waals surface area contributed by atoms with Crippen LogP contribution >= 0.6 is 0 Å². The first-order valence-corrected chi connectivity index (χ1v) is 10.8. The molecule has 0 atom stereocenters. The van der Waals surface area contributed by atoms with Gasteiger partial charge in [-0.2, -0.15) is 8.42 Å². The lowest BCUT2D eigenvalue weighted by atomic mass is 9.82. The van der Waals surface area contributed by atoms with Gasteiger partial charge in [-0.25, -0.2) is 0 Å². The van der Waals surface area contributed by atoms with Crippen LogP contribution in [0.25, 0.3) is 0 Å². The van der Waals surface area contributed by atoms with Crippen molar-refractivity contribution >= 4 is 33.1 Å². The summed E-state index contributed by atoms with van der Waals surface area (Å²) < 4.78 is 33.4. The van der Waals surface area contributed by atoms with Gasteiger partial charge in [-0.05, 0) is 31.7 Å². The Balaban J connectivity index is 1.91. The molecule has 0 amide bonds. The van der Waals surface area contributed by atoms with Gasteiger partial charge in [0.2, 0.25) is 0 Å². The molecule has 0 saturated heterocycles. The molecule has 1 saturated carbocycles. The number of ketones is 2. The number of hydrogen-bond acceptors (Lipinski definition) is 7. The third-order valence-corrected chi connectivity index (χ3v) is 6.50. The average Bonchev–Trinajstić information content (AvgIpc) is 2.68. The molecule has 4 rings (SSSR count). The maximum absolute atomic E-state index is 13.2. The summed E-state index contributed by atoms with van der Waals surface area (Å²) in [6.45, 7) is 0. The van der Waals surface area contributed by atoms with Gasteiger partial charge in [0, 0.05) is 28.9 Å². The minimum Gasteiger partial charge on any atom is -0.397 e. The highest BCUT2D eigenvalue weighted by Crippen LogP contribution is 2.39. The molecule has 6 N–H and O–H groups in total. The Hall–Kier alpha value is -2.75. The number of carbonyl (C=O) groups is 2. The Morgan fingerprint density at radius 2 is 1.52 bits per heavy atom. The van der Waals surface area contributed by atoms with Crippen molar-refractivity contribution in [1.82, 2.24) is 0 Å². The van der Waals surface area contributed by atoms with Gasteiger partial charge in [0.05, 0.1) is 16.8 Å². The summed E-state index contributed by atoms with van der Waals surface area (Å²) in [5.74, 6) is -0.967. The molecule has 9 heteroatoms. The quantitative estimate of drug-likeness (QED) is 0.374. The summed E-state index contributed by atoms with van der Waals surface area (Å²) in [7, 11) is -4.71. The van der Waals surface area contributed by atoms with Crippen molar-refractivity contribution in [2.24, 2.45) is 5.73 Å². The van der Waals surface area contributed by atoms with Gasteiger partial charge in [-0.15, -0.1) is 0 Å². The summed E-state index contributed by atoms with van der Waals surface area (Å²) in [5.41, 5.74) is 11.9. The molecular formula is C20H21N3O5S. The van der Waals surface area contributed by atoms with E-state index in [4.69, 9.17) is 11.5 Å². The second kappa shape index (κ2) is 6.94. The van der Waals surface area contributed by atoms with Gasteiger partial charge in [-0.1, -0.05) is 24.3 Å². The SMILES string of the molecule is Nc1c(S(=O)(=O)O)cc(NC2CCC(N)CC2)c2c1C(=O)c1ccccc1C2=O. The Morgan fingerprint density at radius 1 is 0.966 bits per heavy atom. The molecule has 0 unspecified atom stereocenters. The van der Waals surface area contributed by atoms with Crippen LogP contribution in [0.15, 0.2) is 35.2 Å². The minimum absolute atomic E-state index is 0.0356. The highest BCUT2D eigenvalue weighted by molar-refractivity contribution is 7.86. The zero-order valence-corrected chi connectivity index (χ0v) is 16.3. The molecule has 8 nitrogen and oxygen atoms in total. The number of fused-ring (bicyclic) bond motifs is 2. The zero-order chi connectivity index (χ0) is 20.9. The lowest BCUT2D eigenvalue weighted by molar-refractivity contribution is 0.0980. The summed E-state index contributed by atoms with van der Waals surface area (Å²) in [4.78, 5) is 25.7. The number of carbonyl (C=O) groups excluding carboxylic acids is 2. The fourth-order valence-corrected chi connectivity index (χ4v) is 4.75. The molecule has 0 radical (unpaired) electrons. The maximum Gasteiger partial charge on any atom is 0.296 e. The van der Waals surface area contributed by atoms with Crippen molar-refractivity contribution in [3.8, 4) is 0 Å². The van der Waals surface area contributed by atoms with Crippen LogP contribution in [0.4, 0.5) is 11.4 Å². The van der Waals surface area contributed by atoms with Crippen LogP contribution in [-0.2, 0) is 10.1 Å². The predicted octanol–water partition coefficient (Wildman–Crippen LogP) is 1.97. The van der Waals surface area contributed by atoms with Crippen molar-refractivity contribution in [3.05, 3.63) is 52.6 Å². The summed E-state index contributed by atoms with van der Waals surface area (Å²) in [6.07, 6.45) is 3.05. The van der Waals surface area contributed by atoms with Gasteiger partial charge >= 0.3 is 0 Å². The Kier molecular flexibility index (Phi) is 4.68. The molecule has 0 spiro atoms. The topological polar surface area (TPSA) is 153 Å². The highest BCUT2D eigenvalue weighted by Gasteiger charge is 2.37. The van der Waals surface area contributed by atoms with E-state index >= 15 is 0 Å². The van der Waals surface area contributed by atoms with Crippen LogP contribution in [0.2, 0.25) is 0 Å². The number of rotatable bonds is 3. The summed E-state index contributed by atoms with van der Waals surface area (Å²) >= 11 is 0. The number of hydrogen-bond donors (Lipinski definition) is 4. The van der Waals surface area contributed by atoms with Crippen molar-refractivity contribution in [3.63, 3.8) is 0 Å². The maximum atomic E-state index is 13.2. The van der Waals surface area contributed by atoms with Crippen molar-refractivity contribution < 1.29 is 22.6 Å². The molecule has 2 aromatic rings. The fourth-order valence-electron chi connectivity index (χ4n) is 4.10. The first-order chi connectivity index (χ1) is 13.7. The third kappa shape index (κ3) is 3.31. The van der Waals surface area contributed by atoms with Gasteiger partial charge in [0.25, 0.3) is 10.1 Å². The average molecular weight is 415 g/mol. The molecule has 1 fully saturated rings. The van der Waals surface area contributed by atoms with E-state index in [1.165, 1.54) is 6.07 Å². The minimum atomic E-state index is -4.71. The third-order valence-electron chi connectivity index (χ3n) is 5.61. The Bertz CT molecular complexity index is 1140. The Morgan fingerprint density at radius 3 is 2.07 bits per heavy atom. The number of nitrogen functional groups attached to an aromatic ring is 1. The molecule has 2 aliphatic rings. The van der Waals surface area contributed by atoms with Gasteiger partial charge in [0.15, 0.2) is 11.6 Å². The van der Waals surface area contributed by atoms with Crippen LogP contribution in [-0.4, -0.2) is 36.6 Å². The van der Waals surface area contributed by atoms with Crippen LogP contribution in [0, 0.1) is 0 Å². The number of anilines is 2. The van der Waals surface area contributed by atoms with E-state index in [-0.39, 0.29) is 40.0 Å². The smallest absolute Gasteiger partial charge is 0.296 e. The molecule has 152 valence electrons. The molecule has 0 aromatic heterocycles. The van der Waals surface area contributed by atoms with Crippen LogP contribution in [0.5, 0.6) is 0 Å². The molecule has 0 bridgehead atoms. The lowest BCUT2D eigenvalue weighted by Gasteiger charge is -2.30. The molecule has 2 aliphatic carbocycles. The van der Waals surface area contributed by atoms with Gasteiger partial charge in [-0.3, -0.25) is 14.1 Å². The number of nitrogens with one attached hydrogen (secondary N) is 1. The van der Waals surface area contributed by atoms with Crippen LogP contribution < -0.4 is 16.8 Å². The predicted molar refractivity (Wildman–Crippen MR) is 108 cm³/mol. The van der Waals surface area contributed by atoms with E-state index in [0.717, 1.165) is 31.7 Å². The van der Waals surface area contributed by atoms with E-state index in [0.29, 0.717) is 0 Å². The van der Waals surface area contributed by atoms with E-state index in [2.05, 4.69) is 5.32 Å². The van der Waals surface area contributed by atoms with Crippen molar-refractivity contribution in [2.45, 2.75) is 42.7 Å². The van der Waals surface area contributed by atoms with E-state index in [1.807, 2.05) is 0 Å². The van der Waals surface area contributed by atoms with Crippen LogP contribution in [0.1, 0.15) is 57.5 Å². The van der Waals surface area contributed by atoms with E-state index in [1.54, 1.807) is 18.2 Å². The molecule has 29 heavy (non-hydrogen) atoms. The highest BCUT2D eigenvalue weighted by atomic mass is 32.2. The van der Waals surface area contributed by atoms with Gasteiger partial charge < -0.3 is 16.8 Å².